The Morgan fingerprint density at radius 3 is 2.62 bits per heavy atom. The summed E-state index contributed by atoms with van der Waals surface area (Å²) in [6.45, 7) is 7.54. The lowest BCUT2D eigenvalue weighted by molar-refractivity contribution is 0.357. The van der Waals surface area contributed by atoms with Crippen molar-refractivity contribution in [3.05, 3.63) is 33.3 Å². The molecule has 0 spiro atoms. The van der Waals surface area contributed by atoms with E-state index in [4.69, 9.17) is 11.6 Å². The summed E-state index contributed by atoms with van der Waals surface area (Å²) in [5.74, 6) is 0. The molecule has 0 aliphatic rings. The molecule has 90 valence electrons. The van der Waals surface area contributed by atoms with Gasteiger partial charge in [0.25, 0.3) is 0 Å². The van der Waals surface area contributed by atoms with Crippen molar-refractivity contribution >= 4 is 27.5 Å². The fourth-order valence-electron chi connectivity index (χ4n) is 1.70. The zero-order chi connectivity index (χ0) is 12.2. The molecule has 0 atom stereocenters. The van der Waals surface area contributed by atoms with Crippen LogP contribution in [-0.2, 0) is 6.54 Å². The van der Waals surface area contributed by atoms with E-state index in [0.29, 0.717) is 0 Å². The van der Waals surface area contributed by atoms with Gasteiger partial charge in [0.05, 0.1) is 5.02 Å². The van der Waals surface area contributed by atoms with Gasteiger partial charge in [0.15, 0.2) is 0 Å². The maximum atomic E-state index is 6.05. The summed E-state index contributed by atoms with van der Waals surface area (Å²) in [6.07, 6.45) is 2.37. The number of hydrogen-bond donors (Lipinski definition) is 1. The van der Waals surface area contributed by atoms with Crippen molar-refractivity contribution < 1.29 is 0 Å². The Bertz CT molecular complexity index is 350. The van der Waals surface area contributed by atoms with Gasteiger partial charge >= 0.3 is 0 Å². The van der Waals surface area contributed by atoms with Crippen LogP contribution in [0.2, 0.25) is 5.02 Å². The van der Waals surface area contributed by atoms with E-state index in [1.54, 1.807) is 0 Å². The summed E-state index contributed by atoms with van der Waals surface area (Å²) in [6, 6.07) is 6.08. The van der Waals surface area contributed by atoms with Gasteiger partial charge in [-0.1, -0.05) is 31.0 Å². The molecule has 0 saturated carbocycles. The van der Waals surface area contributed by atoms with Crippen LogP contribution < -0.4 is 5.32 Å². The second kappa shape index (κ2) is 6.04. The van der Waals surface area contributed by atoms with E-state index < -0.39 is 0 Å². The van der Waals surface area contributed by atoms with Gasteiger partial charge in [-0.05, 0) is 53.9 Å². The first-order chi connectivity index (χ1) is 7.44. The van der Waals surface area contributed by atoms with Crippen molar-refractivity contribution in [1.29, 1.82) is 0 Å². The van der Waals surface area contributed by atoms with Crippen LogP contribution in [0.25, 0.3) is 0 Å². The molecule has 1 aromatic rings. The molecule has 0 aliphatic heterocycles. The summed E-state index contributed by atoms with van der Waals surface area (Å²) in [5, 5.41) is 4.32. The number of benzene rings is 1. The molecule has 0 saturated heterocycles. The van der Waals surface area contributed by atoms with E-state index in [1.165, 1.54) is 18.4 Å². The van der Waals surface area contributed by atoms with Crippen LogP contribution >= 0.6 is 27.5 Å². The van der Waals surface area contributed by atoms with E-state index in [2.05, 4.69) is 48.1 Å². The van der Waals surface area contributed by atoms with Crippen LogP contribution in [0.4, 0.5) is 0 Å². The van der Waals surface area contributed by atoms with Crippen molar-refractivity contribution in [2.45, 2.75) is 45.7 Å². The van der Waals surface area contributed by atoms with Gasteiger partial charge in [-0.25, -0.2) is 0 Å². The van der Waals surface area contributed by atoms with E-state index in [9.17, 15) is 0 Å². The highest BCUT2D eigenvalue weighted by Gasteiger charge is 2.15. The fourth-order valence-corrected chi connectivity index (χ4v) is 2.15. The molecule has 0 amide bonds. The molecule has 1 rings (SSSR count). The molecule has 1 aromatic carbocycles. The SMILES string of the molecule is CCCC(C)(C)NCc1ccc(Br)c(Cl)c1. The van der Waals surface area contributed by atoms with Crippen LogP contribution in [-0.4, -0.2) is 5.54 Å². The molecule has 1 nitrogen and oxygen atoms in total. The van der Waals surface area contributed by atoms with E-state index >= 15 is 0 Å². The van der Waals surface area contributed by atoms with Gasteiger partial charge in [-0.3, -0.25) is 0 Å². The zero-order valence-electron chi connectivity index (χ0n) is 10.1. The summed E-state index contributed by atoms with van der Waals surface area (Å²) in [4.78, 5) is 0. The van der Waals surface area contributed by atoms with Gasteiger partial charge in [0, 0.05) is 16.6 Å². The number of hydrogen-bond acceptors (Lipinski definition) is 1. The Hall–Kier alpha value is -0.0500. The van der Waals surface area contributed by atoms with Crippen LogP contribution in [0.5, 0.6) is 0 Å². The van der Waals surface area contributed by atoms with Gasteiger partial charge in [-0.2, -0.15) is 0 Å². The number of halogens is 2. The molecule has 1 N–H and O–H groups in total. The standard InChI is InChI=1S/C13H19BrClN/c1-4-7-13(2,3)16-9-10-5-6-11(14)12(15)8-10/h5-6,8,16H,4,7,9H2,1-3H3. The normalized spacial score (nSPS) is 11.8. The molecular weight excluding hydrogens is 286 g/mol. The highest BCUT2D eigenvalue weighted by atomic mass is 79.9. The first-order valence-corrected chi connectivity index (χ1v) is 6.80. The van der Waals surface area contributed by atoms with E-state index in [1.807, 2.05) is 12.1 Å². The Labute approximate surface area is 112 Å². The Morgan fingerprint density at radius 2 is 2.06 bits per heavy atom. The lowest BCUT2D eigenvalue weighted by Crippen LogP contribution is -2.38. The molecule has 0 heterocycles. The Kier molecular flexibility index (Phi) is 5.29. The first-order valence-electron chi connectivity index (χ1n) is 5.63. The van der Waals surface area contributed by atoms with E-state index in [-0.39, 0.29) is 5.54 Å². The first kappa shape index (κ1) is 14.0. The predicted molar refractivity (Wildman–Crippen MR) is 75.0 cm³/mol. The summed E-state index contributed by atoms with van der Waals surface area (Å²) in [5.41, 5.74) is 1.41. The van der Waals surface area contributed by atoms with Crippen molar-refractivity contribution in [2.75, 3.05) is 0 Å². The zero-order valence-corrected chi connectivity index (χ0v) is 12.5. The summed E-state index contributed by atoms with van der Waals surface area (Å²) >= 11 is 9.44. The second-order valence-corrected chi connectivity index (χ2v) is 6.00. The number of nitrogens with one attached hydrogen (secondary N) is 1. The van der Waals surface area contributed by atoms with Crippen LogP contribution in [0.1, 0.15) is 39.2 Å². The molecule has 0 aromatic heterocycles. The lowest BCUT2D eigenvalue weighted by Gasteiger charge is -2.26. The third-order valence-electron chi connectivity index (χ3n) is 2.63. The lowest BCUT2D eigenvalue weighted by atomic mass is 9.98. The maximum absolute atomic E-state index is 6.05. The predicted octanol–water partition coefficient (Wildman–Crippen LogP) is 4.77. The van der Waals surface area contributed by atoms with Crippen molar-refractivity contribution in [3.8, 4) is 0 Å². The topological polar surface area (TPSA) is 12.0 Å². The van der Waals surface area contributed by atoms with Gasteiger partial charge in [0.1, 0.15) is 0 Å². The molecule has 0 fully saturated rings. The second-order valence-electron chi connectivity index (χ2n) is 4.74. The Balaban J connectivity index is 2.57. The molecule has 0 unspecified atom stereocenters. The Morgan fingerprint density at radius 1 is 1.38 bits per heavy atom. The van der Waals surface area contributed by atoms with E-state index in [0.717, 1.165) is 16.0 Å². The van der Waals surface area contributed by atoms with Crippen LogP contribution in [0, 0.1) is 0 Å². The molecule has 0 bridgehead atoms. The number of rotatable bonds is 5. The minimum absolute atomic E-state index is 0.189. The molecule has 0 radical (unpaired) electrons. The molecule has 0 aliphatic carbocycles. The quantitative estimate of drug-likeness (QED) is 0.826. The smallest absolute Gasteiger partial charge is 0.0551 e. The molecule has 16 heavy (non-hydrogen) atoms. The fraction of sp³-hybridized carbons (Fsp3) is 0.538. The summed E-state index contributed by atoms with van der Waals surface area (Å²) in [7, 11) is 0. The highest BCUT2D eigenvalue weighted by Crippen LogP contribution is 2.23. The minimum Gasteiger partial charge on any atom is -0.308 e. The molecule has 3 heteroatoms. The van der Waals surface area contributed by atoms with Gasteiger partial charge in [0.2, 0.25) is 0 Å². The molecular formula is C13H19BrClN. The van der Waals surface area contributed by atoms with Crippen LogP contribution in [0.3, 0.4) is 0 Å². The van der Waals surface area contributed by atoms with Crippen molar-refractivity contribution in [1.82, 2.24) is 5.32 Å². The largest absolute Gasteiger partial charge is 0.308 e. The average molecular weight is 305 g/mol. The highest BCUT2D eigenvalue weighted by molar-refractivity contribution is 9.10. The maximum Gasteiger partial charge on any atom is 0.0551 e. The average Bonchev–Trinajstić information content (AvgIpc) is 2.20. The van der Waals surface area contributed by atoms with Crippen molar-refractivity contribution in [2.24, 2.45) is 0 Å². The minimum atomic E-state index is 0.189. The monoisotopic (exact) mass is 303 g/mol. The van der Waals surface area contributed by atoms with Crippen LogP contribution in [0.15, 0.2) is 22.7 Å². The van der Waals surface area contributed by atoms with Gasteiger partial charge in [-0.15, -0.1) is 0 Å². The third kappa shape index (κ3) is 4.44. The van der Waals surface area contributed by atoms with Crippen molar-refractivity contribution in [3.63, 3.8) is 0 Å². The third-order valence-corrected chi connectivity index (χ3v) is 3.86. The summed E-state index contributed by atoms with van der Waals surface area (Å²) < 4.78 is 0.950. The van der Waals surface area contributed by atoms with Gasteiger partial charge < -0.3 is 5.32 Å².